The number of rotatable bonds is 4. The number of hydrogen-bond acceptors (Lipinski definition) is 2. The first-order valence-electron chi connectivity index (χ1n) is 7.59. The zero-order valence-electron chi connectivity index (χ0n) is 11.9. The van der Waals surface area contributed by atoms with Crippen molar-refractivity contribution in [3.05, 3.63) is 34.6 Å². The van der Waals surface area contributed by atoms with Gasteiger partial charge in [0.1, 0.15) is 5.82 Å². The van der Waals surface area contributed by atoms with Gasteiger partial charge in [-0.05, 0) is 37.8 Å². The van der Waals surface area contributed by atoms with E-state index in [4.69, 9.17) is 11.6 Å². The Morgan fingerprint density at radius 2 is 2.00 bits per heavy atom. The number of amides is 1. The first-order chi connectivity index (χ1) is 10.1. The molecule has 0 aromatic heterocycles. The predicted molar refractivity (Wildman–Crippen MR) is 80.6 cm³/mol. The van der Waals surface area contributed by atoms with Crippen molar-refractivity contribution in [3.8, 4) is 0 Å². The van der Waals surface area contributed by atoms with Crippen molar-refractivity contribution in [2.24, 2.45) is 5.92 Å². The van der Waals surface area contributed by atoms with Gasteiger partial charge >= 0.3 is 0 Å². The molecule has 1 saturated heterocycles. The fraction of sp³-hybridized carbons (Fsp3) is 0.562. The van der Waals surface area contributed by atoms with Crippen LogP contribution in [0.1, 0.15) is 31.2 Å². The van der Waals surface area contributed by atoms with Crippen LogP contribution in [0.15, 0.2) is 18.2 Å². The summed E-state index contributed by atoms with van der Waals surface area (Å²) < 4.78 is 13.8. The standard InChI is InChI=1S/C16H20ClFN2O/c17-14-2-1-3-15(18)13(14)10-20-8-6-12(7-9-20)19-16(21)11-4-5-11/h1-3,11-12H,4-10H2,(H,19,21). The van der Waals surface area contributed by atoms with Gasteiger partial charge in [-0.1, -0.05) is 17.7 Å². The Bertz CT molecular complexity index is 505. The molecule has 1 aromatic rings. The van der Waals surface area contributed by atoms with E-state index >= 15 is 0 Å². The highest BCUT2D eigenvalue weighted by atomic mass is 35.5. The molecular weight excluding hydrogens is 291 g/mol. The smallest absolute Gasteiger partial charge is 0.223 e. The van der Waals surface area contributed by atoms with Crippen LogP contribution in [0.4, 0.5) is 4.39 Å². The van der Waals surface area contributed by atoms with E-state index in [2.05, 4.69) is 10.2 Å². The van der Waals surface area contributed by atoms with Crippen LogP contribution >= 0.6 is 11.6 Å². The van der Waals surface area contributed by atoms with Gasteiger partial charge in [0.2, 0.25) is 5.91 Å². The van der Waals surface area contributed by atoms with Gasteiger partial charge in [-0.15, -0.1) is 0 Å². The molecule has 0 atom stereocenters. The van der Waals surface area contributed by atoms with Gasteiger partial charge in [0.15, 0.2) is 0 Å². The molecule has 21 heavy (non-hydrogen) atoms. The lowest BCUT2D eigenvalue weighted by molar-refractivity contribution is -0.123. The lowest BCUT2D eigenvalue weighted by Gasteiger charge is -2.32. The summed E-state index contributed by atoms with van der Waals surface area (Å²) in [5.74, 6) is 0.234. The largest absolute Gasteiger partial charge is 0.353 e. The van der Waals surface area contributed by atoms with E-state index in [1.165, 1.54) is 6.07 Å². The number of carbonyl (C=O) groups is 1. The fourth-order valence-corrected chi connectivity index (χ4v) is 3.03. The Hall–Kier alpha value is -1.13. The average Bonchev–Trinajstić information content (AvgIpc) is 3.29. The molecule has 1 amide bonds. The normalized spacial score (nSPS) is 20.5. The minimum Gasteiger partial charge on any atom is -0.353 e. The number of nitrogens with zero attached hydrogens (tertiary/aromatic N) is 1. The van der Waals surface area contributed by atoms with E-state index in [0.29, 0.717) is 17.1 Å². The monoisotopic (exact) mass is 310 g/mol. The molecule has 114 valence electrons. The van der Waals surface area contributed by atoms with E-state index in [1.807, 2.05) is 0 Å². The number of benzene rings is 1. The third-order valence-electron chi connectivity index (χ3n) is 4.33. The second-order valence-electron chi connectivity index (χ2n) is 6.03. The lowest BCUT2D eigenvalue weighted by Crippen LogP contribution is -2.44. The number of halogens is 2. The van der Waals surface area contributed by atoms with Crippen LogP contribution in [0.2, 0.25) is 5.02 Å². The van der Waals surface area contributed by atoms with Crippen molar-refractivity contribution in [1.82, 2.24) is 10.2 Å². The summed E-state index contributed by atoms with van der Waals surface area (Å²) in [6.45, 7) is 2.26. The van der Waals surface area contributed by atoms with Crippen molar-refractivity contribution >= 4 is 17.5 Å². The van der Waals surface area contributed by atoms with Gasteiger partial charge in [0.05, 0.1) is 0 Å². The van der Waals surface area contributed by atoms with Crippen LogP contribution in [0.25, 0.3) is 0 Å². The lowest BCUT2D eigenvalue weighted by atomic mass is 10.0. The summed E-state index contributed by atoms with van der Waals surface area (Å²) in [6.07, 6.45) is 3.92. The number of hydrogen-bond donors (Lipinski definition) is 1. The van der Waals surface area contributed by atoms with Crippen molar-refractivity contribution in [1.29, 1.82) is 0 Å². The number of piperidine rings is 1. The molecule has 0 radical (unpaired) electrons. The SMILES string of the molecule is O=C(NC1CCN(Cc2c(F)cccc2Cl)CC1)C1CC1. The third-order valence-corrected chi connectivity index (χ3v) is 4.68. The number of nitrogens with one attached hydrogen (secondary N) is 1. The maximum absolute atomic E-state index is 13.8. The summed E-state index contributed by atoms with van der Waals surface area (Å²) in [7, 11) is 0. The highest BCUT2D eigenvalue weighted by Crippen LogP contribution is 2.29. The predicted octanol–water partition coefficient (Wildman–Crippen LogP) is 2.97. The minimum absolute atomic E-state index is 0.214. The first-order valence-corrected chi connectivity index (χ1v) is 7.97. The molecule has 1 heterocycles. The van der Waals surface area contributed by atoms with Crippen molar-refractivity contribution in [2.75, 3.05) is 13.1 Å². The van der Waals surface area contributed by atoms with Gasteiger partial charge in [-0.3, -0.25) is 9.69 Å². The molecule has 1 aromatic carbocycles. The molecule has 1 aliphatic carbocycles. The van der Waals surface area contributed by atoms with Crippen molar-refractivity contribution < 1.29 is 9.18 Å². The minimum atomic E-state index is -0.244. The van der Waals surface area contributed by atoms with Gasteiger partial charge in [0.25, 0.3) is 0 Å². The highest BCUT2D eigenvalue weighted by Gasteiger charge is 2.31. The molecule has 2 aliphatic rings. The van der Waals surface area contributed by atoms with E-state index in [-0.39, 0.29) is 23.7 Å². The van der Waals surface area contributed by atoms with E-state index in [0.717, 1.165) is 38.8 Å². The van der Waals surface area contributed by atoms with E-state index in [9.17, 15) is 9.18 Å². The second kappa shape index (κ2) is 6.32. The Morgan fingerprint density at radius 1 is 1.29 bits per heavy atom. The molecule has 1 N–H and O–H groups in total. The molecule has 1 aliphatic heterocycles. The summed E-state index contributed by atoms with van der Waals surface area (Å²) in [5, 5.41) is 3.61. The summed E-state index contributed by atoms with van der Waals surface area (Å²) in [5.41, 5.74) is 0.569. The number of likely N-dealkylation sites (tertiary alicyclic amines) is 1. The molecule has 5 heteroatoms. The molecule has 0 spiro atoms. The zero-order chi connectivity index (χ0) is 14.8. The molecular formula is C16H20ClFN2O. The Balaban J connectivity index is 1.50. The quantitative estimate of drug-likeness (QED) is 0.927. The molecule has 1 saturated carbocycles. The maximum atomic E-state index is 13.8. The molecule has 0 bridgehead atoms. The van der Waals surface area contributed by atoms with Crippen molar-refractivity contribution in [3.63, 3.8) is 0 Å². The maximum Gasteiger partial charge on any atom is 0.223 e. The molecule has 0 unspecified atom stereocenters. The topological polar surface area (TPSA) is 32.3 Å². The zero-order valence-corrected chi connectivity index (χ0v) is 12.7. The van der Waals surface area contributed by atoms with Gasteiger partial charge < -0.3 is 5.32 Å². The Morgan fingerprint density at radius 3 is 2.62 bits per heavy atom. The van der Waals surface area contributed by atoms with Gasteiger partial charge in [-0.25, -0.2) is 4.39 Å². The average molecular weight is 311 g/mol. The summed E-state index contributed by atoms with van der Waals surface area (Å²) >= 11 is 6.06. The van der Waals surface area contributed by atoms with Crippen LogP contribution < -0.4 is 5.32 Å². The van der Waals surface area contributed by atoms with Crippen LogP contribution in [-0.4, -0.2) is 29.9 Å². The highest BCUT2D eigenvalue weighted by molar-refractivity contribution is 6.31. The molecule has 3 nitrogen and oxygen atoms in total. The van der Waals surface area contributed by atoms with Gasteiger partial charge in [0, 0.05) is 42.2 Å². The summed E-state index contributed by atoms with van der Waals surface area (Å²) in [4.78, 5) is 13.9. The first kappa shape index (κ1) is 14.8. The van der Waals surface area contributed by atoms with E-state index < -0.39 is 0 Å². The van der Waals surface area contributed by atoms with Crippen LogP contribution in [-0.2, 0) is 11.3 Å². The number of carbonyl (C=O) groups excluding carboxylic acids is 1. The Labute approximate surface area is 129 Å². The van der Waals surface area contributed by atoms with Crippen LogP contribution in [0.5, 0.6) is 0 Å². The van der Waals surface area contributed by atoms with Crippen LogP contribution in [0.3, 0.4) is 0 Å². The van der Waals surface area contributed by atoms with Crippen molar-refractivity contribution in [2.45, 2.75) is 38.3 Å². The van der Waals surface area contributed by atoms with Crippen LogP contribution in [0, 0.1) is 11.7 Å². The second-order valence-corrected chi connectivity index (χ2v) is 6.44. The molecule has 2 fully saturated rings. The summed E-state index contributed by atoms with van der Waals surface area (Å²) in [6, 6.07) is 5.07. The van der Waals surface area contributed by atoms with Gasteiger partial charge in [-0.2, -0.15) is 0 Å². The third kappa shape index (κ3) is 3.74. The molecule has 3 rings (SSSR count). The fourth-order valence-electron chi connectivity index (χ4n) is 2.81. The Kier molecular flexibility index (Phi) is 4.45. The van der Waals surface area contributed by atoms with E-state index in [1.54, 1.807) is 12.1 Å².